The minimum absolute atomic E-state index is 0.230. The Labute approximate surface area is 173 Å². The first-order valence-electron chi connectivity index (χ1n) is 10.4. The first-order valence-corrected chi connectivity index (χ1v) is 10.4. The quantitative estimate of drug-likeness (QED) is 0.532. The Morgan fingerprint density at radius 1 is 1.27 bits per heavy atom. The first kappa shape index (κ1) is 18.9. The topological polar surface area (TPSA) is 107 Å². The van der Waals surface area contributed by atoms with Gasteiger partial charge >= 0.3 is 5.97 Å². The second-order valence-corrected chi connectivity index (χ2v) is 8.87. The van der Waals surface area contributed by atoms with Gasteiger partial charge in [0.1, 0.15) is 5.75 Å². The molecule has 30 heavy (non-hydrogen) atoms. The molecule has 7 nitrogen and oxygen atoms in total. The van der Waals surface area contributed by atoms with Crippen molar-refractivity contribution in [2.24, 2.45) is 7.05 Å². The molecule has 0 unspecified atom stereocenters. The van der Waals surface area contributed by atoms with Gasteiger partial charge in [0.2, 0.25) is 0 Å². The summed E-state index contributed by atoms with van der Waals surface area (Å²) < 4.78 is 2.20. The van der Waals surface area contributed by atoms with Gasteiger partial charge in [-0.15, -0.1) is 0 Å². The second kappa shape index (κ2) is 6.47. The highest BCUT2D eigenvalue weighted by Gasteiger charge is 2.31. The summed E-state index contributed by atoms with van der Waals surface area (Å²) in [6.45, 7) is 3.06. The zero-order valence-corrected chi connectivity index (χ0v) is 17.1. The van der Waals surface area contributed by atoms with Gasteiger partial charge in [-0.2, -0.15) is 0 Å². The van der Waals surface area contributed by atoms with Gasteiger partial charge in [0, 0.05) is 46.9 Å². The Hall–Kier alpha value is -3.06. The molecule has 4 N–H and O–H groups in total. The number of pyridine rings is 1. The highest BCUT2D eigenvalue weighted by atomic mass is 16.4. The van der Waals surface area contributed by atoms with Crippen molar-refractivity contribution in [2.45, 2.75) is 51.1 Å². The molecule has 5 rings (SSSR count). The lowest BCUT2D eigenvalue weighted by Crippen LogP contribution is -2.47. The number of H-pyrrole nitrogens is 1. The lowest BCUT2D eigenvalue weighted by Gasteiger charge is -2.39. The molecule has 0 aliphatic heterocycles. The maximum Gasteiger partial charge on any atom is 0.345 e. The summed E-state index contributed by atoms with van der Waals surface area (Å²) in [7, 11) is 2.07. The van der Waals surface area contributed by atoms with E-state index in [-0.39, 0.29) is 5.54 Å². The fourth-order valence-corrected chi connectivity index (χ4v) is 4.84. The van der Waals surface area contributed by atoms with Crippen LogP contribution in [-0.2, 0) is 26.4 Å². The van der Waals surface area contributed by atoms with Crippen LogP contribution in [0.3, 0.4) is 0 Å². The Morgan fingerprint density at radius 3 is 2.70 bits per heavy atom. The maximum atomic E-state index is 12.3. The molecule has 0 atom stereocenters. The number of rotatable bonds is 4. The number of benzene rings is 1. The third-order valence-electron chi connectivity index (χ3n) is 6.94. The summed E-state index contributed by atoms with van der Waals surface area (Å²) in [5.41, 5.74) is 4.14. The molecule has 1 aromatic carbocycles. The Bertz CT molecular complexity index is 1260. The van der Waals surface area contributed by atoms with Crippen LogP contribution in [0.2, 0.25) is 0 Å². The maximum absolute atomic E-state index is 12.3. The van der Waals surface area contributed by atoms with E-state index in [1.807, 2.05) is 6.07 Å². The fraction of sp³-hybridized carbons (Fsp3) is 0.391. The van der Waals surface area contributed by atoms with E-state index in [2.05, 4.69) is 41.0 Å². The van der Waals surface area contributed by atoms with E-state index in [1.54, 1.807) is 0 Å². The van der Waals surface area contributed by atoms with Crippen molar-refractivity contribution in [1.29, 1.82) is 0 Å². The number of aromatic nitrogens is 2. The van der Waals surface area contributed by atoms with Crippen molar-refractivity contribution in [2.75, 3.05) is 0 Å². The van der Waals surface area contributed by atoms with Crippen LogP contribution in [0.25, 0.3) is 22.2 Å². The predicted molar refractivity (Wildman–Crippen MR) is 114 cm³/mol. The molecular formula is C23H25N3O4. The lowest BCUT2D eigenvalue weighted by atomic mass is 9.78. The molecule has 1 saturated carbocycles. The number of aryl methyl sites for hydroxylation is 2. The van der Waals surface area contributed by atoms with Gasteiger partial charge < -0.3 is 25.1 Å². The number of carbonyl (C=O) groups is 1. The molecule has 0 radical (unpaired) electrons. The number of nitrogens with one attached hydrogen (secondary N) is 2. The van der Waals surface area contributed by atoms with Crippen LogP contribution in [0, 0.1) is 0 Å². The Kier molecular flexibility index (Phi) is 4.08. The van der Waals surface area contributed by atoms with E-state index in [1.165, 1.54) is 25.0 Å². The van der Waals surface area contributed by atoms with Crippen LogP contribution in [-0.4, -0.2) is 31.3 Å². The highest BCUT2D eigenvalue weighted by Crippen LogP contribution is 2.39. The molecule has 156 valence electrons. The van der Waals surface area contributed by atoms with Gasteiger partial charge in [-0.25, -0.2) is 4.79 Å². The number of fused-ring (bicyclic) bond motifs is 4. The second-order valence-electron chi connectivity index (χ2n) is 8.87. The fourth-order valence-electron chi connectivity index (χ4n) is 4.84. The summed E-state index contributed by atoms with van der Waals surface area (Å²) in [6, 6.07) is 6.33. The van der Waals surface area contributed by atoms with E-state index in [4.69, 9.17) is 0 Å². The van der Waals surface area contributed by atoms with Crippen LogP contribution in [0.1, 0.15) is 53.4 Å². The summed E-state index contributed by atoms with van der Waals surface area (Å²) in [5.74, 6) is -1.84. The molecule has 0 amide bonds. The van der Waals surface area contributed by atoms with E-state index < -0.39 is 22.8 Å². The van der Waals surface area contributed by atoms with Gasteiger partial charge in [0.15, 0.2) is 5.56 Å². The lowest BCUT2D eigenvalue weighted by molar-refractivity contribution is 0.0691. The molecule has 2 aliphatic rings. The van der Waals surface area contributed by atoms with Gasteiger partial charge in [0.25, 0.3) is 5.56 Å². The summed E-state index contributed by atoms with van der Waals surface area (Å²) >= 11 is 0. The van der Waals surface area contributed by atoms with Crippen molar-refractivity contribution in [1.82, 2.24) is 14.9 Å². The van der Waals surface area contributed by atoms with Crippen molar-refractivity contribution < 1.29 is 15.0 Å². The zero-order valence-electron chi connectivity index (χ0n) is 17.1. The smallest absolute Gasteiger partial charge is 0.345 e. The van der Waals surface area contributed by atoms with E-state index >= 15 is 0 Å². The predicted octanol–water partition coefficient (Wildman–Crippen LogP) is 3.07. The van der Waals surface area contributed by atoms with Gasteiger partial charge in [-0.3, -0.25) is 4.79 Å². The molecule has 2 aromatic heterocycles. The normalized spacial score (nSPS) is 16.7. The molecule has 7 heteroatoms. The number of nitrogens with zero attached hydrogens (tertiary/aromatic N) is 1. The van der Waals surface area contributed by atoms with E-state index in [9.17, 15) is 19.8 Å². The number of carboxylic acid groups (broad SMARTS) is 1. The van der Waals surface area contributed by atoms with Crippen molar-refractivity contribution >= 4 is 16.9 Å². The molecule has 3 aromatic rings. The molecular weight excluding hydrogens is 382 g/mol. The minimum Gasteiger partial charge on any atom is -0.506 e. The monoisotopic (exact) mass is 407 g/mol. The van der Waals surface area contributed by atoms with Gasteiger partial charge in [0.05, 0.1) is 5.69 Å². The standard InChI is InChI=1S/C23H25N3O4/c1-23(6-3-7-23)24-11-14-8-13-9-16-12(10-17(13)26(14)2)4-5-15-19(16)25-21(28)18(20(15)27)22(29)30/h8-10,24H,3-7,11H2,1-2H3,(H,29,30)(H2,25,27,28). The molecule has 0 spiro atoms. The zero-order chi connectivity index (χ0) is 21.2. The molecule has 0 saturated heterocycles. The summed E-state index contributed by atoms with van der Waals surface area (Å²) in [5, 5.41) is 24.4. The average Bonchev–Trinajstić information content (AvgIpc) is 2.98. The van der Waals surface area contributed by atoms with Crippen molar-refractivity contribution in [3.63, 3.8) is 0 Å². The highest BCUT2D eigenvalue weighted by molar-refractivity contribution is 5.94. The molecule has 1 fully saturated rings. The van der Waals surface area contributed by atoms with Crippen LogP contribution in [0.5, 0.6) is 5.75 Å². The first-order chi connectivity index (χ1) is 14.3. The SMILES string of the molecule is Cn1c(CNC2(C)CCC2)cc2cc3c(cc21)CCc1c-3[nH]c(=O)c(C(=O)O)c1O. The van der Waals surface area contributed by atoms with Crippen LogP contribution < -0.4 is 10.9 Å². The number of hydrogen-bond acceptors (Lipinski definition) is 4. The number of aromatic hydroxyl groups is 1. The third kappa shape index (κ3) is 2.76. The number of carboxylic acids is 1. The van der Waals surface area contributed by atoms with Crippen LogP contribution in [0.4, 0.5) is 0 Å². The van der Waals surface area contributed by atoms with Gasteiger partial charge in [-0.1, -0.05) is 0 Å². The van der Waals surface area contributed by atoms with Crippen LogP contribution in [0.15, 0.2) is 23.0 Å². The minimum atomic E-state index is -1.42. The Morgan fingerprint density at radius 2 is 2.03 bits per heavy atom. The van der Waals surface area contributed by atoms with Crippen molar-refractivity contribution in [3.05, 3.63) is 50.9 Å². The van der Waals surface area contributed by atoms with Gasteiger partial charge in [-0.05, 0) is 62.8 Å². The number of aromatic carboxylic acids is 1. The van der Waals surface area contributed by atoms with Crippen molar-refractivity contribution in [3.8, 4) is 17.0 Å². The average molecular weight is 407 g/mol. The third-order valence-corrected chi connectivity index (χ3v) is 6.94. The number of aromatic amines is 1. The van der Waals surface area contributed by atoms with Crippen LogP contribution >= 0.6 is 0 Å². The van der Waals surface area contributed by atoms with E-state index in [0.717, 1.165) is 28.6 Å². The molecule has 2 heterocycles. The largest absolute Gasteiger partial charge is 0.506 e. The summed E-state index contributed by atoms with van der Waals surface area (Å²) in [6.07, 6.45) is 4.84. The Balaban J connectivity index is 1.59. The molecule has 2 aliphatic carbocycles. The molecule has 0 bridgehead atoms. The number of hydrogen-bond donors (Lipinski definition) is 4. The van der Waals surface area contributed by atoms with E-state index in [0.29, 0.717) is 24.1 Å². The summed E-state index contributed by atoms with van der Waals surface area (Å²) in [4.78, 5) is 26.4.